The van der Waals surface area contributed by atoms with Gasteiger partial charge in [-0.3, -0.25) is 19.7 Å². The first kappa shape index (κ1) is 11.7. The Morgan fingerprint density at radius 1 is 1.35 bits per heavy atom. The van der Waals surface area contributed by atoms with Crippen LogP contribution in [0.1, 0.15) is 10.4 Å². The van der Waals surface area contributed by atoms with Crippen LogP contribution in [-0.2, 0) is 9.59 Å². The highest BCUT2D eigenvalue weighted by molar-refractivity contribution is 9.10. The Balaban J connectivity index is 2.20. The molecule has 1 aliphatic rings. The van der Waals surface area contributed by atoms with Crippen LogP contribution in [0.15, 0.2) is 22.9 Å². The number of nitrogens with one attached hydrogen (secondary N) is 1. The van der Waals surface area contributed by atoms with Gasteiger partial charge in [-0.2, -0.15) is 0 Å². The Kier molecular flexibility index (Phi) is 3.19. The van der Waals surface area contributed by atoms with Crippen LogP contribution in [0.4, 0.5) is 0 Å². The highest BCUT2D eigenvalue weighted by Crippen LogP contribution is 2.11. The third-order valence-corrected chi connectivity index (χ3v) is 2.64. The molecule has 1 aliphatic heterocycles. The lowest BCUT2D eigenvalue weighted by Crippen LogP contribution is -2.53. The number of aromatic nitrogens is 1. The second-order valence-corrected chi connectivity index (χ2v) is 4.31. The number of amides is 3. The Bertz CT molecular complexity index is 487. The SMILES string of the molecule is O=C1CN(C(=O)c2ccnc(Br)c2)CC(=O)N1. The van der Waals surface area contributed by atoms with Crippen molar-refractivity contribution in [2.45, 2.75) is 0 Å². The van der Waals surface area contributed by atoms with Gasteiger partial charge in [0.2, 0.25) is 11.8 Å². The first-order valence-electron chi connectivity index (χ1n) is 4.80. The minimum Gasteiger partial charge on any atom is -0.320 e. The third-order valence-electron chi connectivity index (χ3n) is 2.21. The number of carbonyl (C=O) groups is 3. The van der Waals surface area contributed by atoms with Crippen LogP contribution in [0.5, 0.6) is 0 Å². The van der Waals surface area contributed by atoms with Gasteiger partial charge in [0.25, 0.3) is 5.91 Å². The number of halogens is 1. The number of nitrogens with zero attached hydrogens (tertiary/aromatic N) is 2. The zero-order chi connectivity index (χ0) is 12.4. The van der Waals surface area contributed by atoms with Crippen LogP contribution < -0.4 is 5.32 Å². The molecule has 2 rings (SSSR count). The number of carbonyl (C=O) groups excluding carboxylic acids is 3. The number of pyridine rings is 1. The summed E-state index contributed by atoms with van der Waals surface area (Å²) >= 11 is 3.15. The van der Waals surface area contributed by atoms with Gasteiger partial charge < -0.3 is 4.90 Å². The van der Waals surface area contributed by atoms with E-state index in [1.807, 2.05) is 0 Å². The van der Waals surface area contributed by atoms with Crippen LogP contribution in [-0.4, -0.2) is 40.7 Å². The molecule has 17 heavy (non-hydrogen) atoms. The van der Waals surface area contributed by atoms with Gasteiger partial charge in [-0.05, 0) is 28.1 Å². The molecule has 7 heteroatoms. The van der Waals surface area contributed by atoms with Crippen molar-refractivity contribution in [3.8, 4) is 0 Å². The highest BCUT2D eigenvalue weighted by Gasteiger charge is 2.27. The molecule has 0 atom stereocenters. The molecule has 88 valence electrons. The topological polar surface area (TPSA) is 79.4 Å². The van der Waals surface area contributed by atoms with Crippen molar-refractivity contribution in [2.24, 2.45) is 0 Å². The van der Waals surface area contributed by atoms with E-state index in [4.69, 9.17) is 0 Å². The quantitative estimate of drug-likeness (QED) is 0.582. The molecule has 1 saturated heterocycles. The van der Waals surface area contributed by atoms with E-state index in [9.17, 15) is 14.4 Å². The second kappa shape index (κ2) is 4.62. The van der Waals surface area contributed by atoms with Crippen LogP contribution in [0, 0.1) is 0 Å². The minimum atomic E-state index is -0.470. The number of imide groups is 1. The van der Waals surface area contributed by atoms with E-state index in [-0.39, 0.29) is 19.0 Å². The van der Waals surface area contributed by atoms with Crippen molar-refractivity contribution < 1.29 is 14.4 Å². The predicted molar refractivity (Wildman–Crippen MR) is 61.0 cm³/mol. The van der Waals surface area contributed by atoms with Gasteiger partial charge in [0.1, 0.15) is 17.7 Å². The van der Waals surface area contributed by atoms with Gasteiger partial charge in [-0.1, -0.05) is 0 Å². The fraction of sp³-hybridized carbons (Fsp3) is 0.200. The van der Waals surface area contributed by atoms with Crippen molar-refractivity contribution in [3.63, 3.8) is 0 Å². The van der Waals surface area contributed by atoms with Crippen molar-refractivity contribution in [1.82, 2.24) is 15.2 Å². The molecule has 1 aromatic rings. The van der Waals surface area contributed by atoms with E-state index in [0.29, 0.717) is 10.2 Å². The fourth-order valence-corrected chi connectivity index (χ4v) is 1.86. The molecular formula is C10H8BrN3O3. The van der Waals surface area contributed by atoms with Crippen LogP contribution in [0.25, 0.3) is 0 Å². The Morgan fingerprint density at radius 2 is 2.00 bits per heavy atom. The van der Waals surface area contributed by atoms with Gasteiger partial charge in [-0.15, -0.1) is 0 Å². The largest absolute Gasteiger partial charge is 0.320 e. The van der Waals surface area contributed by atoms with Crippen LogP contribution in [0.2, 0.25) is 0 Å². The Hall–Kier alpha value is -1.76. The van der Waals surface area contributed by atoms with Gasteiger partial charge in [0.05, 0.1) is 0 Å². The zero-order valence-corrected chi connectivity index (χ0v) is 10.2. The van der Waals surface area contributed by atoms with Crippen molar-refractivity contribution in [1.29, 1.82) is 0 Å². The van der Waals surface area contributed by atoms with E-state index in [0.717, 1.165) is 0 Å². The molecule has 0 aliphatic carbocycles. The third kappa shape index (κ3) is 2.68. The molecule has 0 radical (unpaired) electrons. The number of hydrogen-bond donors (Lipinski definition) is 1. The molecule has 0 saturated carbocycles. The summed E-state index contributed by atoms with van der Waals surface area (Å²) in [5.74, 6) is -1.30. The summed E-state index contributed by atoms with van der Waals surface area (Å²) in [6.07, 6.45) is 1.48. The minimum absolute atomic E-state index is 0.107. The molecule has 0 unspecified atom stereocenters. The molecular weight excluding hydrogens is 290 g/mol. The molecule has 0 spiro atoms. The lowest BCUT2D eigenvalue weighted by Gasteiger charge is -2.25. The Morgan fingerprint density at radius 3 is 2.59 bits per heavy atom. The fourth-order valence-electron chi connectivity index (χ4n) is 1.50. The lowest BCUT2D eigenvalue weighted by atomic mass is 10.2. The molecule has 1 N–H and O–H groups in total. The average Bonchev–Trinajstić information content (AvgIpc) is 2.26. The summed E-state index contributed by atoms with van der Waals surface area (Å²) in [5, 5.41) is 2.13. The summed E-state index contributed by atoms with van der Waals surface area (Å²) in [4.78, 5) is 39.4. The lowest BCUT2D eigenvalue weighted by molar-refractivity contribution is -0.135. The van der Waals surface area contributed by atoms with E-state index < -0.39 is 11.8 Å². The summed E-state index contributed by atoms with van der Waals surface area (Å²) in [6, 6.07) is 3.07. The normalized spacial score (nSPS) is 15.7. The molecule has 0 bridgehead atoms. The standard InChI is InChI=1S/C10H8BrN3O3/c11-7-3-6(1-2-12-7)10(17)14-4-8(15)13-9(16)5-14/h1-3H,4-5H2,(H,13,15,16). The maximum Gasteiger partial charge on any atom is 0.254 e. The second-order valence-electron chi connectivity index (χ2n) is 3.50. The average molecular weight is 298 g/mol. The molecule has 6 nitrogen and oxygen atoms in total. The summed E-state index contributed by atoms with van der Waals surface area (Å²) in [5.41, 5.74) is 0.384. The smallest absolute Gasteiger partial charge is 0.254 e. The number of piperazine rings is 1. The molecule has 3 amide bonds. The van der Waals surface area contributed by atoms with Crippen LogP contribution >= 0.6 is 15.9 Å². The summed E-state index contributed by atoms with van der Waals surface area (Å²) in [7, 11) is 0. The number of hydrogen-bond acceptors (Lipinski definition) is 4. The van der Waals surface area contributed by atoms with Gasteiger partial charge in [0.15, 0.2) is 0 Å². The number of rotatable bonds is 1. The van der Waals surface area contributed by atoms with Gasteiger partial charge >= 0.3 is 0 Å². The van der Waals surface area contributed by atoms with Gasteiger partial charge in [-0.25, -0.2) is 4.98 Å². The molecule has 1 fully saturated rings. The highest BCUT2D eigenvalue weighted by atomic mass is 79.9. The van der Waals surface area contributed by atoms with Gasteiger partial charge in [0, 0.05) is 11.8 Å². The summed E-state index contributed by atoms with van der Waals surface area (Å²) in [6.45, 7) is -0.213. The zero-order valence-electron chi connectivity index (χ0n) is 8.64. The first-order chi connectivity index (χ1) is 8.06. The van der Waals surface area contributed by atoms with E-state index in [2.05, 4.69) is 26.2 Å². The van der Waals surface area contributed by atoms with E-state index in [1.54, 1.807) is 6.07 Å². The Labute approximate surface area is 105 Å². The molecule has 2 heterocycles. The van der Waals surface area contributed by atoms with E-state index in [1.165, 1.54) is 17.2 Å². The first-order valence-corrected chi connectivity index (χ1v) is 5.59. The predicted octanol–water partition coefficient (Wildman–Crippen LogP) is -0.0573. The summed E-state index contributed by atoms with van der Waals surface area (Å²) < 4.78 is 0.524. The maximum absolute atomic E-state index is 12.0. The molecule has 0 aromatic carbocycles. The molecule has 1 aromatic heterocycles. The monoisotopic (exact) mass is 297 g/mol. The van der Waals surface area contributed by atoms with Crippen molar-refractivity contribution in [3.05, 3.63) is 28.5 Å². The van der Waals surface area contributed by atoms with Crippen molar-refractivity contribution in [2.75, 3.05) is 13.1 Å². The van der Waals surface area contributed by atoms with Crippen LogP contribution in [0.3, 0.4) is 0 Å². The van der Waals surface area contributed by atoms with E-state index >= 15 is 0 Å². The maximum atomic E-state index is 12.0. The van der Waals surface area contributed by atoms with Crippen molar-refractivity contribution >= 4 is 33.7 Å².